The molecule has 1 aromatic carbocycles. The van der Waals surface area contributed by atoms with Gasteiger partial charge in [-0.25, -0.2) is 4.39 Å². The van der Waals surface area contributed by atoms with Gasteiger partial charge in [0.2, 0.25) is 5.91 Å². The van der Waals surface area contributed by atoms with E-state index in [4.69, 9.17) is 5.73 Å². The lowest BCUT2D eigenvalue weighted by Gasteiger charge is -2.38. The highest BCUT2D eigenvalue weighted by atomic mass is 127. The number of piperidine rings is 1. The molecule has 0 spiro atoms. The van der Waals surface area contributed by atoms with Crippen molar-refractivity contribution in [2.24, 2.45) is 5.92 Å². The van der Waals surface area contributed by atoms with Crippen molar-refractivity contribution in [2.75, 3.05) is 23.7 Å². The fraction of sp³-hybridized carbons (Fsp3) is 0.462. The van der Waals surface area contributed by atoms with Gasteiger partial charge >= 0.3 is 0 Å². The van der Waals surface area contributed by atoms with E-state index < -0.39 is 0 Å². The zero-order chi connectivity index (χ0) is 13.6. The van der Waals surface area contributed by atoms with Gasteiger partial charge in [-0.2, -0.15) is 0 Å². The maximum absolute atomic E-state index is 13.8. The smallest absolute Gasteiger partial charge is 0.225 e. The van der Waals surface area contributed by atoms with E-state index in [1.54, 1.807) is 6.07 Å². The molecule has 2 saturated heterocycles. The van der Waals surface area contributed by atoms with Gasteiger partial charge in [0, 0.05) is 19.2 Å². The average molecular weight is 375 g/mol. The van der Waals surface area contributed by atoms with Gasteiger partial charge in [0.05, 0.1) is 26.9 Å². The van der Waals surface area contributed by atoms with Crippen molar-refractivity contribution in [1.29, 1.82) is 0 Å². The van der Waals surface area contributed by atoms with Gasteiger partial charge < -0.3 is 16.0 Å². The van der Waals surface area contributed by atoms with E-state index in [0.29, 0.717) is 21.5 Å². The minimum Gasteiger partial charge on any atom is -0.397 e. The monoisotopic (exact) mass is 375 g/mol. The molecule has 6 heteroatoms. The maximum atomic E-state index is 13.8. The van der Waals surface area contributed by atoms with Crippen LogP contribution in [0.4, 0.5) is 15.8 Å². The normalized spacial score (nSPS) is 26.2. The molecule has 102 valence electrons. The van der Waals surface area contributed by atoms with Gasteiger partial charge in [0.15, 0.2) is 0 Å². The highest BCUT2D eigenvalue weighted by molar-refractivity contribution is 14.1. The molecule has 3 rings (SSSR count). The summed E-state index contributed by atoms with van der Waals surface area (Å²) in [6, 6.07) is 3.24. The molecule has 0 radical (unpaired) electrons. The number of rotatable bonds is 1. The molecule has 2 atom stereocenters. The number of carbonyl (C=O) groups is 1. The Morgan fingerprint density at radius 3 is 3.05 bits per heavy atom. The van der Waals surface area contributed by atoms with Gasteiger partial charge in [-0.05, 0) is 41.5 Å². The van der Waals surface area contributed by atoms with Crippen LogP contribution in [0.1, 0.15) is 12.8 Å². The summed E-state index contributed by atoms with van der Waals surface area (Å²) in [5, 5.41) is 2.89. The topological polar surface area (TPSA) is 58.4 Å². The SMILES string of the molecule is Nc1cc(I)c(F)cc1N1CCCC2C(=O)NCC21. The molecule has 0 bridgehead atoms. The highest BCUT2D eigenvalue weighted by Crippen LogP contribution is 2.35. The molecular formula is C13H15FIN3O. The molecule has 0 saturated carbocycles. The van der Waals surface area contributed by atoms with Crippen molar-refractivity contribution < 1.29 is 9.18 Å². The summed E-state index contributed by atoms with van der Waals surface area (Å²) in [7, 11) is 0. The first-order chi connectivity index (χ1) is 9.08. The maximum Gasteiger partial charge on any atom is 0.225 e. The van der Waals surface area contributed by atoms with Crippen molar-refractivity contribution in [2.45, 2.75) is 18.9 Å². The van der Waals surface area contributed by atoms with Gasteiger partial charge in [-0.1, -0.05) is 0 Å². The number of hydrogen-bond donors (Lipinski definition) is 2. The first kappa shape index (κ1) is 13.0. The molecule has 19 heavy (non-hydrogen) atoms. The van der Waals surface area contributed by atoms with Crippen LogP contribution in [0, 0.1) is 15.3 Å². The van der Waals surface area contributed by atoms with E-state index in [1.165, 1.54) is 6.07 Å². The van der Waals surface area contributed by atoms with Crippen LogP contribution in [0.25, 0.3) is 0 Å². The van der Waals surface area contributed by atoms with Crippen LogP contribution in [0.3, 0.4) is 0 Å². The standard InChI is InChI=1S/C13H15FIN3O/c14-8-4-11(10(16)5-9(8)15)18-3-1-2-7-12(18)6-17-13(7)19/h4-5,7,12H,1-3,6,16H2,(H,17,19). The quantitative estimate of drug-likeness (QED) is 0.581. The first-order valence-corrected chi connectivity index (χ1v) is 7.44. The summed E-state index contributed by atoms with van der Waals surface area (Å²) in [6.07, 6.45) is 1.83. The molecule has 2 heterocycles. The van der Waals surface area contributed by atoms with Crippen LogP contribution in [0.2, 0.25) is 0 Å². The lowest BCUT2D eigenvalue weighted by Crippen LogP contribution is -2.46. The summed E-state index contributed by atoms with van der Waals surface area (Å²) < 4.78 is 14.3. The van der Waals surface area contributed by atoms with Crippen molar-refractivity contribution in [1.82, 2.24) is 5.32 Å². The first-order valence-electron chi connectivity index (χ1n) is 6.37. The number of nitrogens with one attached hydrogen (secondary N) is 1. The number of nitrogens with zero attached hydrogens (tertiary/aromatic N) is 1. The summed E-state index contributed by atoms with van der Waals surface area (Å²) in [4.78, 5) is 13.8. The molecule has 0 aliphatic carbocycles. The molecule has 2 aliphatic rings. The summed E-state index contributed by atoms with van der Waals surface area (Å²) in [5.41, 5.74) is 7.31. The largest absolute Gasteiger partial charge is 0.397 e. The number of nitrogen functional groups attached to an aromatic ring is 1. The van der Waals surface area contributed by atoms with Crippen molar-refractivity contribution in [3.8, 4) is 0 Å². The van der Waals surface area contributed by atoms with Crippen LogP contribution < -0.4 is 16.0 Å². The highest BCUT2D eigenvalue weighted by Gasteiger charge is 2.41. The number of benzene rings is 1. The number of anilines is 2. The molecule has 2 fully saturated rings. The number of carbonyl (C=O) groups excluding carboxylic acids is 1. The summed E-state index contributed by atoms with van der Waals surface area (Å²) in [6.45, 7) is 1.44. The summed E-state index contributed by atoms with van der Waals surface area (Å²) >= 11 is 1.93. The number of amides is 1. The Morgan fingerprint density at radius 2 is 2.26 bits per heavy atom. The third-order valence-corrected chi connectivity index (χ3v) is 4.81. The van der Waals surface area contributed by atoms with E-state index in [2.05, 4.69) is 10.2 Å². The van der Waals surface area contributed by atoms with Gasteiger partial charge in [-0.15, -0.1) is 0 Å². The Hall–Kier alpha value is -1.05. The molecule has 0 aromatic heterocycles. The molecule has 1 aromatic rings. The molecule has 2 aliphatic heterocycles. The Morgan fingerprint density at radius 1 is 1.47 bits per heavy atom. The summed E-state index contributed by atoms with van der Waals surface area (Å²) in [5.74, 6) is -0.140. The lowest BCUT2D eigenvalue weighted by molar-refractivity contribution is -0.122. The minimum atomic E-state index is -0.260. The van der Waals surface area contributed by atoms with Crippen LogP contribution in [-0.2, 0) is 4.79 Å². The molecular weight excluding hydrogens is 360 g/mol. The van der Waals surface area contributed by atoms with Crippen molar-refractivity contribution in [3.05, 3.63) is 21.5 Å². The van der Waals surface area contributed by atoms with Crippen LogP contribution in [-0.4, -0.2) is 25.0 Å². The third-order valence-electron chi connectivity index (χ3n) is 3.98. The van der Waals surface area contributed by atoms with E-state index >= 15 is 0 Å². The number of fused-ring (bicyclic) bond motifs is 1. The van der Waals surface area contributed by atoms with Crippen LogP contribution in [0.5, 0.6) is 0 Å². The minimum absolute atomic E-state index is 0.00971. The van der Waals surface area contributed by atoms with Gasteiger partial charge in [-0.3, -0.25) is 4.79 Å². The molecule has 4 nitrogen and oxygen atoms in total. The van der Waals surface area contributed by atoms with Gasteiger partial charge in [0.1, 0.15) is 5.82 Å². The second-order valence-electron chi connectivity index (χ2n) is 5.08. The predicted octanol–water partition coefficient (Wildman–Crippen LogP) is 1.73. The number of hydrogen-bond acceptors (Lipinski definition) is 3. The predicted molar refractivity (Wildman–Crippen MR) is 80.4 cm³/mol. The number of nitrogens with two attached hydrogens (primary N) is 1. The van der Waals surface area contributed by atoms with Gasteiger partial charge in [0.25, 0.3) is 0 Å². The molecule has 3 N–H and O–H groups in total. The van der Waals surface area contributed by atoms with E-state index in [-0.39, 0.29) is 23.7 Å². The van der Waals surface area contributed by atoms with E-state index in [0.717, 1.165) is 19.4 Å². The average Bonchev–Trinajstić information content (AvgIpc) is 2.76. The zero-order valence-corrected chi connectivity index (χ0v) is 12.5. The zero-order valence-electron chi connectivity index (χ0n) is 10.3. The van der Waals surface area contributed by atoms with Crippen molar-refractivity contribution >= 4 is 39.9 Å². The molecule has 2 unspecified atom stereocenters. The Labute approximate surface area is 124 Å². The second-order valence-corrected chi connectivity index (χ2v) is 6.24. The van der Waals surface area contributed by atoms with Crippen LogP contribution in [0.15, 0.2) is 12.1 Å². The number of halogens is 2. The fourth-order valence-corrected chi connectivity index (χ4v) is 3.54. The fourth-order valence-electron chi connectivity index (χ4n) is 3.05. The second kappa shape index (κ2) is 4.81. The lowest BCUT2D eigenvalue weighted by atomic mass is 9.91. The Kier molecular flexibility index (Phi) is 3.28. The van der Waals surface area contributed by atoms with Crippen LogP contribution >= 0.6 is 22.6 Å². The Bertz CT molecular complexity index is 537. The third kappa shape index (κ3) is 2.15. The Balaban J connectivity index is 1.97. The molecule has 1 amide bonds. The van der Waals surface area contributed by atoms with E-state index in [1.807, 2.05) is 22.6 Å². The van der Waals surface area contributed by atoms with Crippen molar-refractivity contribution in [3.63, 3.8) is 0 Å². The van der Waals surface area contributed by atoms with E-state index in [9.17, 15) is 9.18 Å².